The van der Waals surface area contributed by atoms with Gasteiger partial charge in [0.2, 0.25) is 10.0 Å². The molecule has 1 aromatic carbocycles. The molecule has 1 aliphatic rings. The van der Waals surface area contributed by atoms with Crippen LogP contribution in [0.2, 0.25) is 5.15 Å². The standard InChI is InChI=1S/C18H16ClF3N2O4S/c19-16-15(6-3-9-23-16)29(26,27)24-10-7-12(8-11-24)17(25)28-14-5-2-1-4-13(14)18(20,21)22/h1-6,9,12H,7-8,10-11H2. The van der Waals surface area contributed by atoms with Crippen LogP contribution in [-0.2, 0) is 21.0 Å². The second kappa shape index (κ2) is 8.29. The highest BCUT2D eigenvalue weighted by Gasteiger charge is 2.37. The zero-order valence-corrected chi connectivity index (χ0v) is 16.5. The molecular formula is C18H16ClF3N2O4S. The number of halogens is 4. The molecule has 11 heteroatoms. The monoisotopic (exact) mass is 448 g/mol. The first-order chi connectivity index (χ1) is 13.6. The van der Waals surface area contributed by atoms with Gasteiger partial charge in [-0.3, -0.25) is 4.79 Å². The van der Waals surface area contributed by atoms with Crippen LogP contribution in [0.3, 0.4) is 0 Å². The summed E-state index contributed by atoms with van der Waals surface area (Å²) in [6.07, 6.45) is -3.06. The third kappa shape index (κ3) is 4.71. The zero-order chi connectivity index (χ0) is 21.2. The minimum absolute atomic E-state index is 0.00818. The predicted octanol–water partition coefficient (Wildman–Crippen LogP) is 3.76. The fraction of sp³-hybridized carbons (Fsp3) is 0.333. The van der Waals surface area contributed by atoms with Crippen LogP contribution >= 0.6 is 11.6 Å². The van der Waals surface area contributed by atoms with Crippen molar-refractivity contribution >= 4 is 27.6 Å². The van der Waals surface area contributed by atoms with E-state index in [1.807, 2.05) is 0 Å². The molecule has 156 valence electrons. The molecule has 0 radical (unpaired) electrons. The van der Waals surface area contributed by atoms with Crippen molar-refractivity contribution in [1.29, 1.82) is 0 Å². The van der Waals surface area contributed by atoms with Crippen molar-refractivity contribution in [3.63, 3.8) is 0 Å². The Bertz CT molecular complexity index is 1010. The summed E-state index contributed by atoms with van der Waals surface area (Å²) in [7, 11) is -3.89. The summed E-state index contributed by atoms with van der Waals surface area (Å²) in [5.41, 5.74) is -1.04. The van der Waals surface area contributed by atoms with E-state index >= 15 is 0 Å². The molecule has 1 saturated heterocycles. The molecule has 0 amide bonds. The number of hydrogen-bond donors (Lipinski definition) is 0. The average molecular weight is 449 g/mol. The van der Waals surface area contributed by atoms with Crippen LogP contribution in [0.15, 0.2) is 47.5 Å². The first kappa shape index (κ1) is 21.5. The highest BCUT2D eigenvalue weighted by Crippen LogP contribution is 2.36. The minimum Gasteiger partial charge on any atom is -0.426 e. The van der Waals surface area contributed by atoms with Crippen LogP contribution in [0.4, 0.5) is 13.2 Å². The summed E-state index contributed by atoms with van der Waals surface area (Å²) >= 11 is 5.87. The predicted molar refractivity (Wildman–Crippen MR) is 97.8 cm³/mol. The normalized spacial score (nSPS) is 16.6. The number of aromatic nitrogens is 1. The van der Waals surface area contributed by atoms with E-state index in [4.69, 9.17) is 16.3 Å². The smallest absolute Gasteiger partial charge is 0.419 e. The lowest BCUT2D eigenvalue weighted by Gasteiger charge is -2.30. The van der Waals surface area contributed by atoms with Gasteiger partial charge in [-0.25, -0.2) is 13.4 Å². The van der Waals surface area contributed by atoms with Gasteiger partial charge in [-0.1, -0.05) is 23.7 Å². The SMILES string of the molecule is O=C(Oc1ccccc1C(F)(F)F)C1CCN(S(=O)(=O)c2cccnc2Cl)CC1. The number of hydrogen-bond acceptors (Lipinski definition) is 5. The Morgan fingerprint density at radius 2 is 1.79 bits per heavy atom. The number of rotatable bonds is 4. The summed E-state index contributed by atoms with van der Waals surface area (Å²) in [6, 6.07) is 7.22. The molecule has 1 aromatic heterocycles. The summed E-state index contributed by atoms with van der Waals surface area (Å²) in [6.45, 7) is 0.0164. The Morgan fingerprint density at radius 3 is 2.41 bits per heavy atom. The van der Waals surface area contributed by atoms with Gasteiger partial charge in [-0.05, 0) is 37.1 Å². The van der Waals surface area contributed by atoms with E-state index in [0.717, 1.165) is 12.1 Å². The summed E-state index contributed by atoms with van der Waals surface area (Å²) in [5.74, 6) is -2.10. The minimum atomic E-state index is -4.66. The molecule has 1 aliphatic heterocycles. The third-order valence-electron chi connectivity index (χ3n) is 4.53. The highest BCUT2D eigenvalue weighted by atomic mass is 35.5. The topological polar surface area (TPSA) is 76.6 Å². The van der Waals surface area contributed by atoms with E-state index in [0.29, 0.717) is 0 Å². The van der Waals surface area contributed by atoms with Crippen LogP contribution in [0, 0.1) is 5.92 Å². The maximum Gasteiger partial charge on any atom is 0.419 e. The molecule has 0 unspecified atom stereocenters. The lowest BCUT2D eigenvalue weighted by molar-refractivity contribution is -0.145. The number of pyridine rings is 1. The summed E-state index contributed by atoms with van der Waals surface area (Å²) < 4.78 is 70.6. The zero-order valence-electron chi connectivity index (χ0n) is 14.9. The number of nitrogens with zero attached hydrogens (tertiary/aromatic N) is 2. The lowest BCUT2D eigenvalue weighted by Crippen LogP contribution is -2.41. The number of para-hydroxylation sites is 1. The Balaban J connectivity index is 1.67. The maximum absolute atomic E-state index is 13.0. The van der Waals surface area contributed by atoms with E-state index in [2.05, 4.69) is 4.98 Å². The van der Waals surface area contributed by atoms with Crippen molar-refractivity contribution in [2.45, 2.75) is 23.9 Å². The Kier molecular flexibility index (Phi) is 6.16. The second-order valence-corrected chi connectivity index (χ2v) is 8.65. The van der Waals surface area contributed by atoms with Crippen molar-refractivity contribution in [1.82, 2.24) is 9.29 Å². The summed E-state index contributed by atoms with van der Waals surface area (Å²) in [4.78, 5) is 16.0. The Hall–Kier alpha value is -2.17. The third-order valence-corrected chi connectivity index (χ3v) is 6.88. The van der Waals surface area contributed by atoms with Crippen molar-refractivity contribution in [3.8, 4) is 5.75 Å². The van der Waals surface area contributed by atoms with Gasteiger partial charge in [-0.15, -0.1) is 0 Å². The van der Waals surface area contributed by atoms with E-state index in [9.17, 15) is 26.4 Å². The molecule has 0 spiro atoms. The van der Waals surface area contributed by atoms with Crippen molar-refractivity contribution in [3.05, 3.63) is 53.3 Å². The van der Waals surface area contributed by atoms with Gasteiger partial charge < -0.3 is 4.74 Å². The highest BCUT2D eigenvalue weighted by molar-refractivity contribution is 7.89. The number of carbonyl (C=O) groups is 1. The van der Waals surface area contributed by atoms with Crippen LogP contribution in [-0.4, -0.2) is 36.8 Å². The molecule has 0 atom stereocenters. The molecule has 29 heavy (non-hydrogen) atoms. The number of esters is 1. The van der Waals surface area contributed by atoms with Crippen molar-refractivity contribution in [2.75, 3.05) is 13.1 Å². The quantitative estimate of drug-likeness (QED) is 0.404. The van der Waals surface area contributed by atoms with Crippen LogP contribution in [0.5, 0.6) is 5.75 Å². The maximum atomic E-state index is 13.0. The second-order valence-electron chi connectivity index (χ2n) is 6.39. The van der Waals surface area contributed by atoms with Gasteiger partial charge in [0, 0.05) is 19.3 Å². The van der Waals surface area contributed by atoms with Gasteiger partial charge in [0.25, 0.3) is 0 Å². The van der Waals surface area contributed by atoms with Gasteiger partial charge in [-0.2, -0.15) is 17.5 Å². The van der Waals surface area contributed by atoms with E-state index in [1.54, 1.807) is 0 Å². The molecule has 6 nitrogen and oxygen atoms in total. The fourth-order valence-corrected chi connectivity index (χ4v) is 4.91. The molecule has 3 rings (SSSR count). The average Bonchev–Trinajstić information content (AvgIpc) is 2.68. The molecule has 0 N–H and O–H groups in total. The van der Waals surface area contributed by atoms with E-state index < -0.39 is 39.4 Å². The molecule has 2 aromatic rings. The first-order valence-corrected chi connectivity index (χ1v) is 10.4. The fourth-order valence-electron chi connectivity index (χ4n) is 3.02. The van der Waals surface area contributed by atoms with Gasteiger partial charge in [0.05, 0.1) is 11.5 Å². The van der Waals surface area contributed by atoms with Crippen LogP contribution < -0.4 is 4.74 Å². The molecule has 1 fully saturated rings. The number of carbonyl (C=O) groups excluding carboxylic acids is 1. The van der Waals surface area contributed by atoms with Crippen LogP contribution in [0.1, 0.15) is 18.4 Å². The largest absolute Gasteiger partial charge is 0.426 e. The Labute approximate surface area is 170 Å². The Morgan fingerprint density at radius 1 is 1.14 bits per heavy atom. The van der Waals surface area contributed by atoms with E-state index in [-0.39, 0.29) is 36.0 Å². The number of sulfonamides is 1. The van der Waals surface area contributed by atoms with Crippen molar-refractivity contribution in [2.24, 2.45) is 5.92 Å². The van der Waals surface area contributed by atoms with Gasteiger partial charge in [0.1, 0.15) is 15.8 Å². The van der Waals surface area contributed by atoms with Gasteiger partial charge in [0.15, 0.2) is 0 Å². The van der Waals surface area contributed by atoms with Gasteiger partial charge >= 0.3 is 12.1 Å². The number of piperidine rings is 1. The van der Waals surface area contributed by atoms with Crippen LogP contribution in [0.25, 0.3) is 0 Å². The molecule has 0 saturated carbocycles. The number of ether oxygens (including phenoxy) is 1. The van der Waals surface area contributed by atoms with Crippen molar-refractivity contribution < 1.29 is 31.1 Å². The first-order valence-electron chi connectivity index (χ1n) is 8.59. The number of benzene rings is 1. The summed E-state index contributed by atoms with van der Waals surface area (Å²) in [5, 5.41) is -0.155. The number of alkyl halides is 3. The molecule has 0 bridgehead atoms. The lowest BCUT2D eigenvalue weighted by atomic mass is 9.98. The molecule has 0 aliphatic carbocycles. The molecule has 2 heterocycles. The molecular weight excluding hydrogens is 433 g/mol. The van der Waals surface area contributed by atoms with E-state index in [1.165, 1.54) is 34.8 Å².